The average molecular weight is 722 g/mol. The van der Waals surface area contributed by atoms with Crippen LogP contribution in [0.5, 0.6) is 0 Å². The maximum Gasteiger partial charge on any atom is 2.00 e. The van der Waals surface area contributed by atoms with Gasteiger partial charge in [-0.3, -0.25) is 8.78 Å². The van der Waals surface area contributed by atoms with Gasteiger partial charge in [0, 0.05) is 17.9 Å². The van der Waals surface area contributed by atoms with Crippen LogP contribution in [0.1, 0.15) is 23.1 Å². The topological polar surface area (TPSA) is 29.1 Å². The van der Waals surface area contributed by atoms with Crippen LogP contribution in [0.2, 0.25) is 0 Å². The van der Waals surface area contributed by atoms with Gasteiger partial charge in [0.1, 0.15) is 0 Å². The molecule has 0 radical (unpaired) electrons. The first kappa shape index (κ1) is 29.2. The summed E-state index contributed by atoms with van der Waals surface area (Å²) in [6.45, 7) is 2.08. The van der Waals surface area contributed by atoms with E-state index in [0.29, 0.717) is 25.1 Å². The van der Waals surface area contributed by atoms with E-state index in [1.165, 1.54) is 5.56 Å². The van der Waals surface area contributed by atoms with Crippen molar-refractivity contribution < 1.29 is 44.7 Å². The van der Waals surface area contributed by atoms with Crippen molar-refractivity contribution in [3.05, 3.63) is 103 Å². The molecule has 1 heterocycles. The number of piperidine rings is 1. The molecule has 2 atom stereocenters. The Hall–Kier alpha value is -2.32. The van der Waals surface area contributed by atoms with E-state index in [1.807, 2.05) is 42.7 Å². The number of halogens is 2. The number of alkyl halides is 2. The van der Waals surface area contributed by atoms with Crippen molar-refractivity contribution in [2.75, 3.05) is 26.4 Å². The molecule has 2 nitrogen and oxygen atoms in total. The summed E-state index contributed by atoms with van der Waals surface area (Å²) < 4.78 is 28.1. The Balaban J connectivity index is 0.00000190. The van der Waals surface area contributed by atoms with Crippen LogP contribution < -0.4 is 5.32 Å². The smallest absolute Gasteiger partial charge is 0.376 e. The summed E-state index contributed by atoms with van der Waals surface area (Å²) in [5.74, 6) is -0.388. The monoisotopic (exact) mass is 721 g/mol. The number of aryl methyl sites for hydroxylation is 1. The number of benzene rings is 4. The van der Waals surface area contributed by atoms with Crippen LogP contribution >= 0.6 is 0 Å². The van der Waals surface area contributed by atoms with Gasteiger partial charge in [-0.15, -0.1) is 5.56 Å². The van der Waals surface area contributed by atoms with E-state index in [4.69, 9.17) is 0 Å². The van der Waals surface area contributed by atoms with Crippen molar-refractivity contribution in [3.8, 4) is 22.3 Å². The maximum atomic E-state index is 14.3. The normalized spacial score (nSPS) is 19.1. The fourth-order valence-corrected chi connectivity index (χ4v) is 5.40. The zero-order valence-electron chi connectivity index (χ0n) is 21.3. The van der Waals surface area contributed by atoms with Gasteiger partial charge < -0.3 is 17.5 Å². The number of hydrogen-bond acceptors (Lipinski definition) is 2. The number of carbonyl (C=O) groups excluding carboxylic acids is 1. The third kappa shape index (κ3) is 5.60. The quantitative estimate of drug-likeness (QED) is 0.214. The fraction of sp³-hybridized carbons (Fsp3) is 0.250. The predicted molar refractivity (Wildman–Crippen MR) is 145 cm³/mol. The van der Waals surface area contributed by atoms with E-state index in [2.05, 4.69) is 54.7 Å². The Labute approximate surface area is 242 Å². The molecule has 37 heavy (non-hydrogen) atoms. The van der Waals surface area contributed by atoms with Gasteiger partial charge in [0.15, 0.2) is 0 Å². The molecule has 0 aromatic heterocycles. The number of nitrogens with one attached hydrogen (secondary N) is 1. The van der Waals surface area contributed by atoms with Crippen LogP contribution in [0.4, 0.5) is 8.78 Å². The SMILES string of the molecule is Cc1ccc(-c2ccc3c(-c4ccc(C5(CF)CCNCC5CF)cc4)cc([C-]=O)cc3c2)cc1.[CH3-].[U+2]. The molecule has 0 saturated carbocycles. The Morgan fingerprint density at radius 1 is 0.919 bits per heavy atom. The van der Waals surface area contributed by atoms with Gasteiger partial charge in [-0.25, -0.2) is 0 Å². The minimum Gasteiger partial charge on any atom is -0.376 e. The summed E-state index contributed by atoms with van der Waals surface area (Å²) in [6, 6.07) is 26.1. The largest absolute Gasteiger partial charge is 2.00 e. The van der Waals surface area contributed by atoms with E-state index < -0.39 is 18.8 Å². The van der Waals surface area contributed by atoms with Crippen LogP contribution in [0, 0.1) is 51.4 Å². The first-order chi connectivity index (χ1) is 17.1. The molecular weight excluding hydrogens is 690 g/mol. The summed E-state index contributed by atoms with van der Waals surface area (Å²) in [6.07, 6.45) is 2.61. The van der Waals surface area contributed by atoms with Crippen molar-refractivity contribution in [3.63, 3.8) is 0 Å². The molecule has 5 rings (SSSR count). The molecule has 4 aromatic rings. The van der Waals surface area contributed by atoms with Gasteiger partial charge in [-0.1, -0.05) is 83.2 Å². The summed E-state index contributed by atoms with van der Waals surface area (Å²) in [4.78, 5) is 11.6. The van der Waals surface area contributed by atoms with Crippen molar-refractivity contribution in [1.29, 1.82) is 0 Å². The zero-order chi connectivity index (χ0) is 24.4. The molecule has 5 heteroatoms. The zero-order valence-corrected chi connectivity index (χ0v) is 25.4. The number of fused-ring (bicyclic) bond motifs is 1. The van der Waals surface area contributed by atoms with Gasteiger partial charge in [-0.2, -0.15) is 12.1 Å². The van der Waals surface area contributed by atoms with E-state index >= 15 is 0 Å². The Morgan fingerprint density at radius 3 is 2.24 bits per heavy atom. The van der Waals surface area contributed by atoms with Gasteiger partial charge in [0.25, 0.3) is 0 Å². The van der Waals surface area contributed by atoms with E-state index in [-0.39, 0.29) is 44.5 Å². The molecule has 0 bridgehead atoms. The molecule has 0 amide bonds. The first-order valence-corrected chi connectivity index (χ1v) is 12.0. The maximum absolute atomic E-state index is 14.3. The van der Waals surface area contributed by atoms with Gasteiger partial charge in [0.2, 0.25) is 0 Å². The van der Waals surface area contributed by atoms with Crippen molar-refractivity contribution in [2.24, 2.45) is 5.92 Å². The van der Waals surface area contributed by atoms with E-state index in [9.17, 15) is 13.6 Å². The Morgan fingerprint density at radius 2 is 1.59 bits per heavy atom. The third-order valence-electron chi connectivity index (χ3n) is 7.57. The van der Waals surface area contributed by atoms with Gasteiger partial charge in [0.05, 0.1) is 19.6 Å². The molecule has 2 unspecified atom stereocenters. The molecule has 4 aromatic carbocycles. The molecule has 188 valence electrons. The van der Waals surface area contributed by atoms with Crippen LogP contribution in [0.3, 0.4) is 0 Å². The van der Waals surface area contributed by atoms with Crippen LogP contribution in [0.15, 0.2) is 78.9 Å². The van der Waals surface area contributed by atoms with Crippen molar-refractivity contribution >= 4 is 17.1 Å². The summed E-state index contributed by atoms with van der Waals surface area (Å²) >= 11 is 0. The van der Waals surface area contributed by atoms with E-state index in [1.54, 1.807) is 0 Å². The van der Waals surface area contributed by atoms with Crippen LogP contribution in [-0.4, -0.2) is 32.7 Å². The molecule has 1 aliphatic rings. The minimum atomic E-state index is -0.804. The van der Waals surface area contributed by atoms with Gasteiger partial charge >= 0.3 is 31.1 Å². The van der Waals surface area contributed by atoms with Crippen LogP contribution in [0.25, 0.3) is 33.0 Å². The Kier molecular flexibility index (Phi) is 9.87. The predicted octanol–water partition coefficient (Wildman–Crippen LogP) is 7.18. The fourth-order valence-electron chi connectivity index (χ4n) is 5.40. The van der Waals surface area contributed by atoms with Crippen LogP contribution in [-0.2, 0) is 10.2 Å². The molecule has 1 aliphatic heterocycles. The van der Waals surface area contributed by atoms with Crippen molar-refractivity contribution in [2.45, 2.75) is 18.8 Å². The molecular formula is C32H31F2NOU. The molecule has 0 spiro atoms. The number of hydrogen-bond donors (Lipinski definition) is 1. The molecule has 1 saturated heterocycles. The second-order valence-corrected chi connectivity index (χ2v) is 9.60. The van der Waals surface area contributed by atoms with Gasteiger partial charge in [-0.05, 0) is 47.5 Å². The molecule has 1 fully saturated rings. The van der Waals surface area contributed by atoms with Crippen molar-refractivity contribution in [1.82, 2.24) is 5.32 Å². The second-order valence-electron chi connectivity index (χ2n) is 9.60. The standard InChI is InChI=1S/C31H28F2NO.CH3.U/c1-21-2-4-23(5-3-21)25-8-11-29-26(16-25)14-22(19-35)15-30(29)24-6-9-27(10-7-24)31(20-33)12-13-34-18-28(31)17-32;;/h2-11,14-16,28,34H,12-13,17-18,20H2,1H3;1H3;/q2*-1;+2. The summed E-state index contributed by atoms with van der Waals surface area (Å²) in [7, 11) is 0. The molecule has 0 aliphatic carbocycles. The van der Waals surface area contributed by atoms with E-state index in [0.717, 1.165) is 38.6 Å². The summed E-state index contributed by atoms with van der Waals surface area (Å²) in [5.41, 5.74) is 5.76. The third-order valence-corrected chi connectivity index (χ3v) is 7.57. The summed E-state index contributed by atoms with van der Waals surface area (Å²) in [5, 5.41) is 5.17. The minimum absolute atomic E-state index is 0. The first-order valence-electron chi connectivity index (χ1n) is 12.0. The average Bonchev–Trinajstić information content (AvgIpc) is 2.92. The Bertz CT molecular complexity index is 1350. The second kappa shape index (κ2) is 12.5. The molecule has 1 N–H and O–H groups in total. The number of rotatable bonds is 6.